The molecule has 0 bridgehead atoms. The summed E-state index contributed by atoms with van der Waals surface area (Å²) in [4.78, 5) is 0. The summed E-state index contributed by atoms with van der Waals surface area (Å²) in [6.45, 7) is 3.93. The molecule has 0 amide bonds. The van der Waals surface area contributed by atoms with Crippen LogP contribution in [0.4, 0.5) is 0 Å². The Morgan fingerprint density at radius 1 is 1.35 bits per heavy atom. The average molecular weight is 318 g/mol. The minimum atomic E-state index is -2.90. The van der Waals surface area contributed by atoms with E-state index in [9.17, 15) is 8.42 Å². The lowest BCUT2D eigenvalue weighted by atomic mass is 9.97. The van der Waals surface area contributed by atoms with Gasteiger partial charge in [-0.25, -0.2) is 8.42 Å². The Morgan fingerprint density at radius 2 is 2.10 bits per heavy atom. The van der Waals surface area contributed by atoms with Crippen LogP contribution in [0, 0.1) is 5.92 Å². The van der Waals surface area contributed by atoms with Crippen LogP contribution in [0.3, 0.4) is 0 Å². The van der Waals surface area contributed by atoms with E-state index in [1.54, 1.807) is 0 Å². The number of hydrogen-bond donors (Lipinski definition) is 1. The number of hydrogen-bond acceptors (Lipinski definition) is 3. The van der Waals surface area contributed by atoms with Crippen molar-refractivity contribution in [3.8, 4) is 0 Å². The van der Waals surface area contributed by atoms with Gasteiger partial charge in [0.25, 0.3) is 0 Å². The van der Waals surface area contributed by atoms with E-state index in [1.165, 1.54) is 6.26 Å². The minimum absolute atomic E-state index is 0.242. The summed E-state index contributed by atoms with van der Waals surface area (Å²) in [6.07, 6.45) is 3.91. The Balaban J connectivity index is 2.61. The predicted molar refractivity (Wildman–Crippen MR) is 86.1 cm³/mol. The molecule has 0 aromatic heterocycles. The zero-order chi connectivity index (χ0) is 15.0. The molecule has 1 N–H and O–H groups in total. The fourth-order valence-corrected chi connectivity index (χ4v) is 3.11. The van der Waals surface area contributed by atoms with E-state index < -0.39 is 9.84 Å². The lowest BCUT2D eigenvalue weighted by Gasteiger charge is -2.17. The van der Waals surface area contributed by atoms with Crippen LogP contribution in [-0.2, 0) is 16.3 Å². The largest absolute Gasteiger partial charge is 0.316 e. The molecule has 0 aliphatic heterocycles. The third-order valence-corrected chi connectivity index (χ3v) is 4.38. The quantitative estimate of drug-likeness (QED) is 0.712. The van der Waals surface area contributed by atoms with Crippen LogP contribution in [0.5, 0.6) is 0 Å². The maximum Gasteiger partial charge on any atom is 0.147 e. The lowest BCUT2D eigenvalue weighted by Crippen LogP contribution is -2.26. The normalized spacial score (nSPS) is 13.3. The smallest absolute Gasteiger partial charge is 0.147 e. The van der Waals surface area contributed by atoms with E-state index in [1.807, 2.05) is 24.3 Å². The van der Waals surface area contributed by atoms with Crippen LogP contribution in [0.15, 0.2) is 24.3 Å². The van der Waals surface area contributed by atoms with Gasteiger partial charge >= 0.3 is 0 Å². The first-order valence-corrected chi connectivity index (χ1v) is 9.47. The highest BCUT2D eigenvalue weighted by Crippen LogP contribution is 2.17. The van der Waals surface area contributed by atoms with Gasteiger partial charge in [-0.05, 0) is 56.0 Å². The molecule has 1 unspecified atom stereocenters. The maximum absolute atomic E-state index is 11.3. The molecule has 0 spiro atoms. The number of benzene rings is 1. The van der Waals surface area contributed by atoms with E-state index in [4.69, 9.17) is 11.6 Å². The van der Waals surface area contributed by atoms with Crippen LogP contribution in [0.1, 0.15) is 25.3 Å². The van der Waals surface area contributed by atoms with Crippen molar-refractivity contribution >= 4 is 21.4 Å². The highest BCUT2D eigenvalue weighted by atomic mass is 35.5. The van der Waals surface area contributed by atoms with Gasteiger partial charge in [0, 0.05) is 11.3 Å². The third kappa shape index (κ3) is 7.88. The molecule has 1 aromatic carbocycles. The second-order valence-corrected chi connectivity index (χ2v) is 8.02. The van der Waals surface area contributed by atoms with Gasteiger partial charge in [-0.1, -0.05) is 30.7 Å². The molecule has 0 heterocycles. The Bertz CT molecular complexity index is 502. The number of sulfone groups is 1. The molecule has 1 rings (SSSR count). The number of nitrogens with one attached hydrogen (secondary N) is 1. The molecule has 114 valence electrons. The van der Waals surface area contributed by atoms with Crippen molar-refractivity contribution in [2.75, 3.05) is 25.1 Å². The highest BCUT2D eigenvalue weighted by molar-refractivity contribution is 7.90. The zero-order valence-electron chi connectivity index (χ0n) is 12.2. The van der Waals surface area contributed by atoms with Gasteiger partial charge in [-0.2, -0.15) is 0 Å². The van der Waals surface area contributed by atoms with E-state index in [0.29, 0.717) is 12.3 Å². The van der Waals surface area contributed by atoms with Crippen LogP contribution >= 0.6 is 11.6 Å². The molecule has 1 atom stereocenters. The van der Waals surface area contributed by atoms with Gasteiger partial charge in [0.1, 0.15) is 9.84 Å². The summed E-state index contributed by atoms with van der Waals surface area (Å²) in [6, 6.07) is 7.78. The van der Waals surface area contributed by atoms with Gasteiger partial charge in [0.15, 0.2) is 0 Å². The van der Waals surface area contributed by atoms with Crippen molar-refractivity contribution < 1.29 is 8.42 Å². The van der Waals surface area contributed by atoms with Gasteiger partial charge in [-0.15, -0.1) is 0 Å². The van der Waals surface area contributed by atoms with Crippen molar-refractivity contribution in [2.24, 2.45) is 5.92 Å². The molecule has 3 nitrogen and oxygen atoms in total. The second kappa shape index (κ2) is 8.65. The fraction of sp³-hybridized carbons (Fsp3) is 0.600. The van der Waals surface area contributed by atoms with Crippen molar-refractivity contribution in [3.63, 3.8) is 0 Å². The number of halogens is 1. The third-order valence-electron chi connectivity index (χ3n) is 3.17. The molecule has 0 saturated heterocycles. The van der Waals surface area contributed by atoms with E-state index >= 15 is 0 Å². The molecular weight excluding hydrogens is 294 g/mol. The van der Waals surface area contributed by atoms with Crippen LogP contribution in [-0.4, -0.2) is 33.5 Å². The second-order valence-electron chi connectivity index (χ2n) is 5.32. The van der Waals surface area contributed by atoms with Crippen molar-refractivity contribution in [1.29, 1.82) is 0 Å². The van der Waals surface area contributed by atoms with Gasteiger partial charge < -0.3 is 5.32 Å². The topological polar surface area (TPSA) is 46.2 Å². The predicted octanol–water partition coefficient (Wildman–Crippen LogP) is 2.93. The Morgan fingerprint density at radius 3 is 2.70 bits per heavy atom. The first-order valence-electron chi connectivity index (χ1n) is 7.03. The molecule has 5 heteroatoms. The molecule has 1 aromatic rings. The van der Waals surface area contributed by atoms with Crippen LogP contribution in [0.2, 0.25) is 5.02 Å². The molecule has 0 radical (unpaired) electrons. The van der Waals surface area contributed by atoms with Crippen LogP contribution < -0.4 is 5.32 Å². The van der Waals surface area contributed by atoms with Crippen LogP contribution in [0.25, 0.3) is 0 Å². The van der Waals surface area contributed by atoms with E-state index in [2.05, 4.69) is 12.2 Å². The SMILES string of the molecule is CCCNCC(CCS(C)(=O)=O)Cc1cccc(Cl)c1. The fourth-order valence-electron chi connectivity index (χ4n) is 2.14. The Labute approximate surface area is 127 Å². The first-order chi connectivity index (χ1) is 9.40. The Kier molecular flexibility index (Phi) is 7.56. The van der Waals surface area contributed by atoms with Gasteiger partial charge in [0.2, 0.25) is 0 Å². The Hall–Kier alpha value is -0.580. The van der Waals surface area contributed by atoms with Crippen molar-refractivity contribution in [1.82, 2.24) is 5.32 Å². The molecule has 0 aliphatic carbocycles. The zero-order valence-corrected chi connectivity index (χ0v) is 13.8. The molecule has 0 saturated carbocycles. The van der Waals surface area contributed by atoms with Gasteiger partial charge in [0.05, 0.1) is 5.75 Å². The first kappa shape index (κ1) is 17.5. The van der Waals surface area contributed by atoms with E-state index in [0.717, 1.165) is 36.5 Å². The molecular formula is C15H24ClNO2S. The van der Waals surface area contributed by atoms with E-state index in [-0.39, 0.29) is 5.75 Å². The molecule has 0 aliphatic rings. The lowest BCUT2D eigenvalue weighted by molar-refractivity contribution is 0.459. The molecule has 0 fully saturated rings. The van der Waals surface area contributed by atoms with Crippen molar-refractivity contribution in [2.45, 2.75) is 26.2 Å². The summed E-state index contributed by atoms with van der Waals surface area (Å²) >= 11 is 5.99. The number of rotatable bonds is 9. The summed E-state index contributed by atoms with van der Waals surface area (Å²) < 4.78 is 22.7. The monoisotopic (exact) mass is 317 g/mol. The average Bonchev–Trinajstić information content (AvgIpc) is 2.35. The minimum Gasteiger partial charge on any atom is -0.316 e. The van der Waals surface area contributed by atoms with Gasteiger partial charge in [-0.3, -0.25) is 0 Å². The summed E-state index contributed by atoms with van der Waals surface area (Å²) in [5.41, 5.74) is 1.16. The van der Waals surface area contributed by atoms with Crippen molar-refractivity contribution in [3.05, 3.63) is 34.9 Å². The summed E-state index contributed by atoms with van der Waals surface area (Å²) in [7, 11) is -2.90. The summed E-state index contributed by atoms with van der Waals surface area (Å²) in [5.74, 6) is 0.557. The summed E-state index contributed by atoms with van der Waals surface area (Å²) in [5, 5.41) is 4.11. The highest BCUT2D eigenvalue weighted by Gasteiger charge is 2.13. The standard InChI is InChI=1S/C15H24ClNO2S/c1-3-8-17-12-14(7-9-20(2,18)19)10-13-5-4-6-15(16)11-13/h4-6,11,14,17H,3,7-10,12H2,1-2H3. The maximum atomic E-state index is 11.3. The molecule has 20 heavy (non-hydrogen) atoms.